The zero-order chi connectivity index (χ0) is 25.5. The molecule has 4 rings (SSSR count). The number of aromatic nitrogens is 2. The smallest absolute Gasteiger partial charge is 0.257 e. The number of carbonyl (C=O) groups is 1. The number of fused-ring (bicyclic) bond motifs is 4. The van der Waals surface area contributed by atoms with Gasteiger partial charge in [0.2, 0.25) is 0 Å². The third kappa shape index (κ3) is 2.98. The minimum Gasteiger partial charge on any atom is -0.391 e. The number of aliphatic hydroxyl groups excluding tert-OH is 1. The molecule has 6 heteroatoms. The molecule has 6 nitrogen and oxygen atoms in total. The lowest BCUT2D eigenvalue weighted by atomic mass is 9.67. The van der Waals surface area contributed by atoms with Crippen LogP contribution in [0.4, 0.5) is 0 Å². The molecule has 0 bridgehead atoms. The number of hydrogen-bond donors (Lipinski definition) is 2. The average molecular weight is 463 g/mol. The molecule has 3 aromatic rings. The molecule has 180 valence electrons. The van der Waals surface area contributed by atoms with Gasteiger partial charge in [0.05, 0.1) is 41.1 Å². The molecule has 0 saturated carbocycles. The number of Topliss-reactive ketones (excluding diaryl/α,β-unsaturated/α-hetero) is 1. The molecule has 1 aliphatic rings. The summed E-state index contributed by atoms with van der Waals surface area (Å²) in [6.45, 7) is 16.3. The average Bonchev–Trinajstić information content (AvgIpc) is 3.14. The fourth-order valence-corrected chi connectivity index (χ4v) is 5.52. The van der Waals surface area contributed by atoms with E-state index < -0.39 is 17.6 Å². The summed E-state index contributed by atoms with van der Waals surface area (Å²) in [5, 5.41) is 23.0. The van der Waals surface area contributed by atoms with E-state index in [1.807, 2.05) is 6.92 Å². The van der Waals surface area contributed by atoms with Gasteiger partial charge in [-0.3, -0.25) is 9.59 Å². The minimum absolute atomic E-state index is 0.124. The van der Waals surface area contributed by atoms with Crippen LogP contribution in [0.5, 0.6) is 0 Å². The second kappa shape index (κ2) is 7.59. The third-order valence-electron chi connectivity index (χ3n) is 8.57. The van der Waals surface area contributed by atoms with Gasteiger partial charge in [0.25, 0.3) is 5.56 Å². The monoisotopic (exact) mass is 462 g/mol. The molecule has 2 N–H and O–H groups in total. The van der Waals surface area contributed by atoms with Crippen LogP contribution in [-0.2, 0) is 23.5 Å². The highest BCUT2D eigenvalue weighted by molar-refractivity contribution is 5.92. The molecular weight excluding hydrogens is 428 g/mol. The Kier molecular flexibility index (Phi) is 5.42. The number of rotatable bonds is 4. The van der Waals surface area contributed by atoms with Gasteiger partial charge >= 0.3 is 0 Å². The number of aryl methyl sites for hydroxylation is 3. The van der Waals surface area contributed by atoms with Crippen LogP contribution in [0.25, 0.3) is 22.3 Å². The lowest BCUT2D eigenvalue weighted by molar-refractivity contribution is -0.141. The predicted octanol–water partition coefficient (Wildman–Crippen LogP) is 4.28. The Morgan fingerprint density at radius 1 is 1.06 bits per heavy atom. The van der Waals surface area contributed by atoms with Gasteiger partial charge in [-0.15, -0.1) is 0 Å². The number of benzene rings is 1. The lowest BCUT2D eigenvalue weighted by Crippen LogP contribution is -2.46. The highest BCUT2D eigenvalue weighted by Crippen LogP contribution is 2.46. The van der Waals surface area contributed by atoms with Gasteiger partial charge in [0.1, 0.15) is 5.78 Å². The Bertz CT molecular complexity index is 1460. The van der Waals surface area contributed by atoms with Gasteiger partial charge in [-0.25, -0.2) is 4.98 Å². The van der Waals surface area contributed by atoms with Crippen LogP contribution in [0.15, 0.2) is 10.9 Å². The van der Waals surface area contributed by atoms with Crippen molar-refractivity contribution in [1.82, 2.24) is 9.55 Å². The summed E-state index contributed by atoms with van der Waals surface area (Å²) in [5.41, 5.74) is 5.78. The van der Waals surface area contributed by atoms with Gasteiger partial charge in [-0.05, 0) is 96.2 Å². The van der Waals surface area contributed by atoms with E-state index in [2.05, 4.69) is 33.8 Å². The summed E-state index contributed by atoms with van der Waals surface area (Å²) in [6.07, 6.45) is 0. The first-order valence-electron chi connectivity index (χ1n) is 11.7. The van der Waals surface area contributed by atoms with Gasteiger partial charge in [-0.2, -0.15) is 0 Å². The SMILES string of the molecule is CC(=O)C(C)(C)C(C)(O)c1c(C)c2n(c(=O)c1CO)Cc1c-2nc2cc(C)c(C)c(C)c2c1C. The summed E-state index contributed by atoms with van der Waals surface area (Å²) in [6, 6.07) is 2.08. The molecule has 1 aliphatic heterocycles. The van der Waals surface area contributed by atoms with Crippen LogP contribution < -0.4 is 5.56 Å². The lowest BCUT2D eigenvalue weighted by Gasteiger charge is -2.40. The van der Waals surface area contributed by atoms with E-state index in [1.165, 1.54) is 18.1 Å². The minimum atomic E-state index is -1.67. The van der Waals surface area contributed by atoms with Crippen molar-refractivity contribution in [3.05, 3.63) is 60.9 Å². The van der Waals surface area contributed by atoms with Crippen molar-refractivity contribution >= 4 is 16.7 Å². The fourth-order valence-electron chi connectivity index (χ4n) is 5.52. The molecule has 34 heavy (non-hydrogen) atoms. The Morgan fingerprint density at radius 3 is 2.24 bits per heavy atom. The molecule has 1 atom stereocenters. The first-order valence-corrected chi connectivity index (χ1v) is 11.7. The maximum Gasteiger partial charge on any atom is 0.257 e. The summed E-state index contributed by atoms with van der Waals surface area (Å²) in [5.74, 6) is -0.205. The van der Waals surface area contributed by atoms with E-state index in [9.17, 15) is 19.8 Å². The zero-order valence-electron chi connectivity index (χ0n) is 21.6. The molecule has 0 saturated heterocycles. The van der Waals surface area contributed by atoms with E-state index in [0.717, 1.165) is 33.3 Å². The maximum atomic E-state index is 13.6. The van der Waals surface area contributed by atoms with Gasteiger partial charge in [0.15, 0.2) is 0 Å². The quantitative estimate of drug-likeness (QED) is 0.472. The molecule has 1 aromatic carbocycles. The first-order chi connectivity index (χ1) is 15.7. The predicted molar refractivity (Wildman–Crippen MR) is 134 cm³/mol. The largest absolute Gasteiger partial charge is 0.391 e. The van der Waals surface area contributed by atoms with Crippen molar-refractivity contribution < 1.29 is 15.0 Å². The third-order valence-corrected chi connectivity index (χ3v) is 8.57. The second-order valence-corrected chi connectivity index (χ2v) is 10.5. The first kappa shape index (κ1) is 24.3. The van der Waals surface area contributed by atoms with Gasteiger partial charge in [-0.1, -0.05) is 0 Å². The van der Waals surface area contributed by atoms with E-state index in [1.54, 1.807) is 25.3 Å². The van der Waals surface area contributed by atoms with Crippen molar-refractivity contribution in [3.63, 3.8) is 0 Å². The number of carbonyl (C=O) groups excluding carboxylic acids is 1. The molecule has 1 unspecified atom stereocenters. The molecule has 0 aliphatic carbocycles. The van der Waals surface area contributed by atoms with Crippen molar-refractivity contribution in [2.75, 3.05) is 0 Å². The number of ketones is 1. The molecule has 3 heterocycles. The summed E-state index contributed by atoms with van der Waals surface area (Å²) in [7, 11) is 0. The van der Waals surface area contributed by atoms with Crippen molar-refractivity contribution in [2.24, 2.45) is 5.41 Å². The number of pyridine rings is 2. The molecule has 0 spiro atoms. The van der Waals surface area contributed by atoms with Crippen molar-refractivity contribution in [2.45, 2.75) is 81.1 Å². The molecular formula is C28H34N2O4. The van der Waals surface area contributed by atoms with Crippen LogP contribution in [0.1, 0.15) is 72.2 Å². The van der Waals surface area contributed by atoms with Crippen LogP contribution in [0.3, 0.4) is 0 Å². The van der Waals surface area contributed by atoms with E-state index in [4.69, 9.17) is 4.98 Å². The topological polar surface area (TPSA) is 92.4 Å². The molecule has 2 aromatic heterocycles. The van der Waals surface area contributed by atoms with Gasteiger partial charge < -0.3 is 14.8 Å². The van der Waals surface area contributed by atoms with Crippen LogP contribution in [-0.4, -0.2) is 25.5 Å². The highest BCUT2D eigenvalue weighted by Gasteiger charge is 2.48. The van der Waals surface area contributed by atoms with E-state index >= 15 is 0 Å². The molecule has 0 fully saturated rings. The van der Waals surface area contributed by atoms with Crippen molar-refractivity contribution in [3.8, 4) is 11.4 Å². The van der Waals surface area contributed by atoms with Crippen LogP contribution in [0.2, 0.25) is 0 Å². The summed E-state index contributed by atoms with van der Waals surface area (Å²) >= 11 is 0. The fraction of sp³-hybridized carbons (Fsp3) is 0.464. The zero-order valence-corrected chi connectivity index (χ0v) is 21.6. The van der Waals surface area contributed by atoms with Gasteiger partial charge in [0, 0.05) is 22.1 Å². The van der Waals surface area contributed by atoms with Crippen molar-refractivity contribution in [1.29, 1.82) is 0 Å². The number of hydrogen-bond acceptors (Lipinski definition) is 5. The summed E-state index contributed by atoms with van der Waals surface area (Å²) < 4.78 is 1.65. The maximum absolute atomic E-state index is 13.6. The second-order valence-electron chi connectivity index (χ2n) is 10.5. The van der Waals surface area contributed by atoms with Crippen LogP contribution in [0, 0.1) is 40.0 Å². The Balaban J connectivity index is 2.14. The summed E-state index contributed by atoms with van der Waals surface area (Å²) in [4.78, 5) is 31.1. The standard InChI is InChI=1S/C28H34N2O4/c1-13-10-21-22(15(3)14(13)2)16(4)19-11-30-25(24(19)29-21)17(5)23(20(12-31)26(30)33)28(9,34)27(7,8)18(6)32/h10,31,34H,11-12H2,1-9H3. The van der Waals surface area contributed by atoms with E-state index in [0.29, 0.717) is 23.4 Å². The Labute approximate surface area is 200 Å². The van der Waals surface area contributed by atoms with E-state index in [-0.39, 0.29) is 16.9 Å². The Hall–Kier alpha value is -2.83. The molecule has 0 radical (unpaired) electrons. The Morgan fingerprint density at radius 2 is 1.68 bits per heavy atom. The number of aliphatic hydroxyl groups is 2. The highest BCUT2D eigenvalue weighted by atomic mass is 16.3. The molecule has 0 amide bonds. The number of nitrogens with zero attached hydrogens (tertiary/aromatic N) is 2. The normalized spacial score (nSPS) is 14.8. The van der Waals surface area contributed by atoms with Crippen LogP contribution >= 0.6 is 0 Å².